The van der Waals surface area contributed by atoms with Gasteiger partial charge in [0.25, 0.3) is 0 Å². The summed E-state index contributed by atoms with van der Waals surface area (Å²) in [6, 6.07) is 0. The third-order valence-electron chi connectivity index (χ3n) is 0.317. The number of halogens is 1. The summed E-state index contributed by atoms with van der Waals surface area (Å²) in [6.45, 7) is 1.62. The molecule has 2 nitrogen and oxygen atoms in total. The minimum absolute atomic E-state index is 0.563. The van der Waals surface area contributed by atoms with Crippen LogP contribution in [0.1, 0.15) is 6.92 Å². The molecule has 0 fully saturated rings. The van der Waals surface area contributed by atoms with Crippen molar-refractivity contribution in [3.63, 3.8) is 0 Å². The Labute approximate surface area is 50.0 Å². The van der Waals surface area contributed by atoms with Gasteiger partial charge in [0.05, 0.1) is 5.97 Å². The van der Waals surface area contributed by atoms with Gasteiger partial charge in [0.1, 0.15) is 0 Å². The van der Waals surface area contributed by atoms with E-state index >= 15 is 0 Å². The topological polar surface area (TPSA) is 40.1 Å². The van der Waals surface area contributed by atoms with Gasteiger partial charge in [-0.15, -0.1) is 0 Å². The minimum Gasteiger partial charge on any atom is -0.545 e. The lowest BCUT2D eigenvalue weighted by Gasteiger charge is -1.88. The van der Waals surface area contributed by atoms with Crippen molar-refractivity contribution in [3.8, 4) is 0 Å². The van der Waals surface area contributed by atoms with Crippen LogP contribution in [-0.4, -0.2) is 5.97 Å². The normalized spacial score (nSPS) is 11.4. The molecular weight excluding hydrogens is 160 g/mol. The Morgan fingerprint density at radius 1 is 1.86 bits per heavy atom. The van der Waals surface area contributed by atoms with Gasteiger partial charge in [0.2, 0.25) is 0 Å². The van der Waals surface area contributed by atoms with E-state index in [0.29, 0.717) is 4.48 Å². The van der Waals surface area contributed by atoms with Crippen LogP contribution in [0.15, 0.2) is 10.6 Å². The Morgan fingerprint density at radius 3 is 2.29 bits per heavy atom. The summed E-state index contributed by atoms with van der Waals surface area (Å²) in [7, 11) is 0. The van der Waals surface area contributed by atoms with Crippen molar-refractivity contribution in [2.75, 3.05) is 0 Å². The SMILES string of the molecule is C/C(Br)=C/C(=O)[O-]. The number of carbonyl (C=O) groups excluding carboxylic acids is 1. The summed E-state index contributed by atoms with van der Waals surface area (Å²) in [4.78, 5) is 9.59. The van der Waals surface area contributed by atoms with Crippen LogP contribution < -0.4 is 5.11 Å². The summed E-state index contributed by atoms with van der Waals surface area (Å²) in [5, 5.41) is 9.59. The third-order valence-corrected chi connectivity index (χ3v) is 0.546. The zero-order chi connectivity index (χ0) is 5.86. The monoisotopic (exact) mass is 163 g/mol. The van der Waals surface area contributed by atoms with Crippen molar-refractivity contribution in [2.45, 2.75) is 6.92 Å². The Bertz CT molecular complexity index is 102. The lowest BCUT2D eigenvalue weighted by Crippen LogP contribution is -2.18. The van der Waals surface area contributed by atoms with Gasteiger partial charge in [-0.2, -0.15) is 0 Å². The van der Waals surface area contributed by atoms with Crippen LogP contribution in [-0.2, 0) is 4.79 Å². The molecule has 0 unspecified atom stereocenters. The summed E-state index contributed by atoms with van der Waals surface area (Å²) in [5.41, 5.74) is 0. The molecule has 0 spiro atoms. The maximum atomic E-state index is 9.59. The molecule has 0 saturated carbocycles. The van der Waals surface area contributed by atoms with Crippen molar-refractivity contribution >= 4 is 21.9 Å². The van der Waals surface area contributed by atoms with Crippen molar-refractivity contribution in [3.05, 3.63) is 10.6 Å². The fourth-order valence-electron chi connectivity index (χ4n) is 0.162. The summed E-state index contributed by atoms with van der Waals surface area (Å²) in [6.07, 6.45) is 0.972. The van der Waals surface area contributed by atoms with Crippen LogP contribution in [0.5, 0.6) is 0 Å². The Balaban J connectivity index is 3.68. The van der Waals surface area contributed by atoms with E-state index in [9.17, 15) is 9.90 Å². The number of carboxylic acid groups (broad SMARTS) is 1. The fourth-order valence-corrected chi connectivity index (χ4v) is 0.349. The van der Waals surface area contributed by atoms with Gasteiger partial charge in [-0.05, 0) is 17.5 Å². The van der Waals surface area contributed by atoms with Gasteiger partial charge in [0, 0.05) is 0 Å². The van der Waals surface area contributed by atoms with Crippen LogP contribution >= 0.6 is 15.9 Å². The van der Waals surface area contributed by atoms with E-state index in [1.54, 1.807) is 6.92 Å². The molecular formula is C4H4BrO2-. The van der Waals surface area contributed by atoms with Gasteiger partial charge >= 0.3 is 0 Å². The molecule has 0 aliphatic carbocycles. The third kappa shape index (κ3) is 5.69. The van der Waals surface area contributed by atoms with Gasteiger partial charge in [-0.25, -0.2) is 0 Å². The summed E-state index contributed by atoms with van der Waals surface area (Å²) >= 11 is 2.92. The molecule has 0 saturated heterocycles. The molecule has 0 atom stereocenters. The molecule has 0 heterocycles. The first-order valence-corrected chi connectivity index (χ1v) is 2.47. The highest BCUT2D eigenvalue weighted by molar-refractivity contribution is 9.11. The molecule has 0 N–H and O–H groups in total. The number of carboxylic acids is 1. The van der Waals surface area contributed by atoms with Gasteiger partial charge in [-0.3, -0.25) is 0 Å². The predicted molar refractivity (Wildman–Crippen MR) is 27.7 cm³/mol. The van der Waals surface area contributed by atoms with E-state index in [-0.39, 0.29) is 0 Å². The summed E-state index contributed by atoms with van der Waals surface area (Å²) in [5.74, 6) is -1.17. The van der Waals surface area contributed by atoms with Crippen LogP contribution in [0.3, 0.4) is 0 Å². The van der Waals surface area contributed by atoms with Crippen LogP contribution in [0.25, 0.3) is 0 Å². The lowest BCUT2D eigenvalue weighted by molar-refractivity contribution is -0.297. The lowest BCUT2D eigenvalue weighted by atomic mass is 10.5. The fraction of sp³-hybridized carbons (Fsp3) is 0.250. The molecule has 0 aliphatic rings. The quantitative estimate of drug-likeness (QED) is 0.513. The molecule has 0 rings (SSSR count). The molecule has 40 valence electrons. The van der Waals surface area contributed by atoms with E-state index in [0.717, 1.165) is 6.08 Å². The first-order valence-electron chi connectivity index (χ1n) is 1.67. The average Bonchev–Trinajstić information content (AvgIpc) is 1.27. The van der Waals surface area contributed by atoms with Crippen LogP contribution in [0.4, 0.5) is 0 Å². The molecule has 3 heteroatoms. The smallest absolute Gasteiger partial charge is 0.0650 e. The van der Waals surface area contributed by atoms with E-state index in [4.69, 9.17) is 0 Å². The van der Waals surface area contributed by atoms with Crippen LogP contribution in [0, 0.1) is 0 Å². The number of aliphatic carboxylic acids is 1. The van der Waals surface area contributed by atoms with Crippen LogP contribution in [0.2, 0.25) is 0 Å². The molecule has 0 aromatic rings. The number of hydrogen-bond acceptors (Lipinski definition) is 2. The highest BCUT2D eigenvalue weighted by atomic mass is 79.9. The molecule has 0 aromatic heterocycles. The van der Waals surface area contributed by atoms with E-state index in [1.807, 2.05) is 0 Å². The Morgan fingerprint density at radius 2 is 2.29 bits per heavy atom. The maximum absolute atomic E-state index is 9.59. The van der Waals surface area contributed by atoms with Crippen molar-refractivity contribution < 1.29 is 9.90 Å². The molecule has 0 amide bonds. The highest BCUT2D eigenvalue weighted by Crippen LogP contribution is 1.98. The second-order valence-corrected chi connectivity index (χ2v) is 2.30. The second kappa shape index (κ2) is 2.80. The van der Waals surface area contributed by atoms with Crippen molar-refractivity contribution in [2.24, 2.45) is 0 Å². The predicted octanol–water partition coefficient (Wildman–Crippen LogP) is 0.0350. The maximum Gasteiger partial charge on any atom is 0.0650 e. The zero-order valence-electron chi connectivity index (χ0n) is 3.77. The second-order valence-electron chi connectivity index (χ2n) is 1.05. The molecule has 0 bridgehead atoms. The first kappa shape index (κ1) is 6.69. The first-order chi connectivity index (χ1) is 3.13. The molecule has 0 aliphatic heterocycles. The standard InChI is InChI=1S/C4H5BrO2/c1-3(5)2-4(6)7/h2H,1H3,(H,6,7)/p-1/b3-2-. The van der Waals surface area contributed by atoms with Gasteiger partial charge in [-0.1, -0.05) is 15.9 Å². The van der Waals surface area contributed by atoms with Gasteiger partial charge < -0.3 is 9.90 Å². The largest absolute Gasteiger partial charge is 0.545 e. The van der Waals surface area contributed by atoms with E-state index in [1.165, 1.54) is 0 Å². The van der Waals surface area contributed by atoms with Crippen molar-refractivity contribution in [1.29, 1.82) is 0 Å². The van der Waals surface area contributed by atoms with E-state index in [2.05, 4.69) is 15.9 Å². The van der Waals surface area contributed by atoms with Crippen molar-refractivity contribution in [1.82, 2.24) is 0 Å². The average molecular weight is 164 g/mol. The Kier molecular flexibility index (Phi) is 2.67. The number of allylic oxidation sites excluding steroid dienone is 1. The van der Waals surface area contributed by atoms with Gasteiger partial charge in [0.15, 0.2) is 0 Å². The molecule has 7 heavy (non-hydrogen) atoms. The Hall–Kier alpha value is -0.310. The summed E-state index contributed by atoms with van der Waals surface area (Å²) < 4.78 is 0.563. The minimum atomic E-state index is -1.17. The molecule has 0 aromatic carbocycles. The number of hydrogen-bond donors (Lipinski definition) is 0. The van der Waals surface area contributed by atoms with E-state index < -0.39 is 5.97 Å². The zero-order valence-corrected chi connectivity index (χ0v) is 5.36. The number of carbonyl (C=O) groups is 1. The number of rotatable bonds is 1. The highest BCUT2D eigenvalue weighted by Gasteiger charge is 1.75. The molecule has 0 radical (unpaired) electrons.